The highest BCUT2D eigenvalue weighted by Gasteiger charge is 2.21. The highest BCUT2D eigenvalue weighted by Crippen LogP contribution is 2.30. The van der Waals surface area contributed by atoms with Gasteiger partial charge in [0.05, 0.1) is 12.2 Å². The van der Waals surface area contributed by atoms with Gasteiger partial charge in [0.1, 0.15) is 13.6 Å². The second-order valence-electron chi connectivity index (χ2n) is 6.27. The van der Waals surface area contributed by atoms with Crippen LogP contribution in [0.1, 0.15) is 45.0 Å². The number of benzene rings is 1. The fraction of sp³-hybridized carbons (Fsp3) is 0.588. The largest absolute Gasteiger partial charge is 0.462 e. The Bertz CT molecular complexity index is 511. The summed E-state index contributed by atoms with van der Waals surface area (Å²) in [5.74, 6) is -0.171. The zero-order chi connectivity index (χ0) is 16.7. The van der Waals surface area contributed by atoms with Gasteiger partial charge in [-0.2, -0.15) is 0 Å². The molecule has 1 aromatic carbocycles. The Kier molecular flexibility index (Phi) is 7.84. The Morgan fingerprint density at radius 3 is 2.23 bits per heavy atom. The van der Waals surface area contributed by atoms with Gasteiger partial charge in [0, 0.05) is 11.9 Å². The fourth-order valence-electron chi connectivity index (χ4n) is 1.83. The molecule has 0 aliphatic heterocycles. The highest BCUT2D eigenvalue weighted by atomic mass is 31.1. The first-order chi connectivity index (χ1) is 10.3. The van der Waals surface area contributed by atoms with Crippen molar-refractivity contribution in [3.8, 4) is 0 Å². The van der Waals surface area contributed by atoms with Crippen molar-refractivity contribution >= 4 is 19.1 Å². The van der Waals surface area contributed by atoms with E-state index in [2.05, 4.69) is 0 Å². The van der Waals surface area contributed by atoms with Crippen LogP contribution in [0.2, 0.25) is 0 Å². The maximum Gasteiger partial charge on any atom is 0.338 e. The van der Waals surface area contributed by atoms with Crippen molar-refractivity contribution < 1.29 is 18.8 Å². The smallest absolute Gasteiger partial charge is 0.338 e. The number of ether oxygens (including phenoxy) is 2. The third-order valence-electron chi connectivity index (χ3n) is 3.01. The van der Waals surface area contributed by atoms with E-state index < -0.39 is 19.6 Å². The maximum absolute atomic E-state index is 12.7. The van der Waals surface area contributed by atoms with Gasteiger partial charge in [-0.15, -0.1) is 0 Å². The summed E-state index contributed by atoms with van der Waals surface area (Å²) in [4.78, 5) is 12.2. The molecule has 0 fully saturated rings. The number of esters is 1. The van der Waals surface area contributed by atoms with E-state index in [9.17, 15) is 9.36 Å². The third kappa shape index (κ3) is 5.94. The van der Waals surface area contributed by atoms with Gasteiger partial charge in [0.15, 0.2) is 0 Å². The van der Waals surface area contributed by atoms with Gasteiger partial charge in [-0.1, -0.05) is 45.9 Å². The minimum absolute atomic E-state index is 0.265. The summed E-state index contributed by atoms with van der Waals surface area (Å²) >= 11 is 0. The standard InChI is InChI=1S/C17H27O4P/c1-12(2)10-20-14(5)22(19)16-9-7-6-8-15(16)17(18)21-11-13(3)4/h6-9,12-14,22H,10-11H2,1-5H3. The van der Waals surface area contributed by atoms with Gasteiger partial charge in [-0.05, 0) is 24.8 Å². The molecular formula is C17H27O4P. The van der Waals surface area contributed by atoms with E-state index in [-0.39, 0.29) is 5.92 Å². The summed E-state index contributed by atoms with van der Waals surface area (Å²) in [7, 11) is -2.23. The van der Waals surface area contributed by atoms with E-state index in [1.807, 2.05) is 27.7 Å². The van der Waals surface area contributed by atoms with Gasteiger partial charge < -0.3 is 14.0 Å². The number of carbonyl (C=O) groups excluding carboxylic acids is 1. The first-order valence-corrected chi connectivity index (χ1v) is 9.23. The van der Waals surface area contributed by atoms with Crippen molar-refractivity contribution in [2.24, 2.45) is 11.8 Å². The van der Waals surface area contributed by atoms with Crippen LogP contribution in [0.4, 0.5) is 0 Å². The SMILES string of the molecule is CC(C)COC(=O)c1ccccc1[PH](=O)C(C)OCC(C)C. The quantitative estimate of drug-likeness (QED) is 0.540. The van der Waals surface area contributed by atoms with Crippen LogP contribution >= 0.6 is 7.80 Å². The molecule has 0 aromatic heterocycles. The van der Waals surface area contributed by atoms with Crippen molar-refractivity contribution in [1.82, 2.24) is 0 Å². The Morgan fingerprint density at radius 2 is 1.64 bits per heavy atom. The molecule has 0 bridgehead atoms. The molecule has 0 saturated carbocycles. The molecule has 0 saturated heterocycles. The average molecular weight is 326 g/mol. The molecule has 0 spiro atoms. The van der Waals surface area contributed by atoms with E-state index >= 15 is 0 Å². The summed E-state index contributed by atoms with van der Waals surface area (Å²) in [6.45, 7) is 10.7. The van der Waals surface area contributed by atoms with Crippen LogP contribution in [-0.2, 0) is 14.0 Å². The van der Waals surface area contributed by atoms with Crippen molar-refractivity contribution in [3.63, 3.8) is 0 Å². The van der Waals surface area contributed by atoms with Crippen molar-refractivity contribution in [1.29, 1.82) is 0 Å². The van der Waals surface area contributed by atoms with Crippen LogP contribution in [0.25, 0.3) is 0 Å². The molecule has 0 aliphatic carbocycles. The first-order valence-electron chi connectivity index (χ1n) is 7.74. The Hall–Kier alpha value is -1.12. The maximum atomic E-state index is 12.7. The van der Waals surface area contributed by atoms with E-state index in [0.717, 1.165) is 0 Å². The molecule has 0 radical (unpaired) electrons. The van der Waals surface area contributed by atoms with Crippen LogP contribution in [0.15, 0.2) is 24.3 Å². The lowest BCUT2D eigenvalue weighted by Crippen LogP contribution is -2.20. The lowest BCUT2D eigenvalue weighted by atomic mass is 10.2. The van der Waals surface area contributed by atoms with Crippen molar-refractivity contribution in [2.45, 2.75) is 40.5 Å². The normalized spacial score (nSPS) is 14.1. The highest BCUT2D eigenvalue weighted by molar-refractivity contribution is 7.54. The fourth-order valence-corrected chi connectivity index (χ4v) is 3.22. The molecule has 2 unspecified atom stereocenters. The topological polar surface area (TPSA) is 52.6 Å². The van der Waals surface area contributed by atoms with Gasteiger partial charge >= 0.3 is 5.97 Å². The van der Waals surface area contributed by atoms with E-state index in [0.29, 0.717) is 30.0 Å². The molecule has 0 amide bonds. The summed E-state index contributed by atoms with van der Waals surface area (Å²) in [5.41, 5.74) is 0.382. The van der Waals surface area contributed by atoms with Crippen LogP contribution in [0, 0.1) is 11.8 Å². The van der Waals surface area contributed by atoms with E-state index in [1.165, 1.54) is 0 Å². The molecule has 0 heterocycles. The molecule has 5 heteroatoms. The van der Waals surface area contributed by atoms with Gasteiger partial charge in [-0.25, -0.2) is 4.79 Å². The molecular weight excluding hydrogens is 299 g/mol. The van der Waals surface area contributed by atoms with E-state index in [1.54, 1.807) is 31.2 Å². The molecule has 0 N–H and O–H groups in total. The second kappa shape index (κ2) is 9.12. The minimum atomic E-state index is -2.23. The molecule has 2 atom stereocenters. The van der Waals surface area contributed by atoms with Crippen molar-refractivity contribution in [2.75, 3.05) is 13.2 Å². The number of carbonyl (C=O) groups is 1. The predicted octanol–water partition coefficient (Wildman–Crippen LogP) is 3.70. The molecule has 124 valence electrons. The van der Waals surface area contributed by atoms with Gasteiger partial charge in [0.2, 0.25) is 0 Å². The zero-order valence-corrected chi connectivity index (χ0v) is 15.1. The Labute approximate surface area is 134 Å². The second-order valence-corrected chi connectivity index (χ2v) is 8.35. The Balaban J connectivity index is 2.86. The third-order valence-corrected chi connectivity index (χ3v) is 4.88. The zero-order valence-electron chi connectivity index (χ0n) is 14.1. The van der Waals surface area contributed by atoms with Crippen LogP contribution in [0.5, 0.6) is 0 Å². The molecule has 1 rings (SSSR count). The van der Waals surface area contributed by atoms with Crippen molar-refractivity contribution in [3.05, 3.63) is 29.8 Å². The molecule has 4 nitrogen and oxygen atoms in total. The van der Waals surface area contributed by atoms with E-state index in [4.69, 9.17) is 9.47 Å². The molecule has 1 aromatic rings. The van der Waals surface area contributed by atoms with Gasteiger partial charge in [-0.3, -0.25) is 0 Å². The first kappa shape index (κ1) is 18.9. The average Bonchev–Trinajstić information content (AvgIpc) is 2.49. The monoisotopic (exact) mass is 326 g/mol. The molecule has 22 heavy (non-hydrogen) atoms. The van der Waals surface area contributed by atoms with Crippen LogP contribution in [0.3, 0.4) is 0 Å². The van der Waals surface area contributed by atoms with Crippen LogP contribution < -0.4 is 5.30 Å². The summed E-state index contributed by atoms with van der Waals surface area (Å²) in [6, 6.07) is 6.93. The predicted molar refractivity (Wildman–Crippen MR) is 90.5 cm³/mol. The summed E-state index contributed by atoms with van der Waals surface area (Å²) < 4.78 is 23.6. The van der Waals surface area contributed by atoms with Gasteiger partial charge in [0.25, 0.3) is 0 Å². The molecule has 0 aliphatic rings. The van der Waals surface area contributed by atoms with Crippen LogP contribution in [-0.4, -0.2) is 25.0 Å². The Morgan fingerprint density at radius 1 is 1.05 bits per heavy atom. The minimum Gasteiger partial charge on any atom is -0.462 e. The lowest BCUT2D eigenvalue weighted by molar-refractivity contribution is 0.0460. The summed E-state index contributed by atoms with van der Waals surface area (Å²) in [5, 5.41) is 0.539. The number of hydrogen-bond acceptors (Lipinski definition) is 4. The number of rotatable bonds is 8. The number of hydrogen-bond donors (Lipinski definition) is 0. The summed E-state index contributed by atoms with van der Waals surface area (Å²) in [6.07, 6.45) is 0. The lowest BCUT2D eigenvalue weighted by Gasteiger charge is -2.17.